The summed E-state index contributed by atoms with van der Waals surface area (Å²) in [5.74, 6) is 0. The Hall–Kier alpha value is -1.54. The van der Waals surface area contributed by atoms with E-state index in [0.29, 0.717) is 0 Å². The lowest BCUT2D eigenvalue weighted by molar-refractivity contribution is 0.358. The molecule has 0 unspecified atom stereocenters. The van der Waals surface area contributed by atoms with Crippen LogP contribution in [-0.4, -0.2) is 13.5 Å². The largest absolute Gasteiger partial charge is 0.427 e. The van der Waals surface area contributed by atoms with Gasteiger partial charge < -0.3 is 4.65 Å². The third kappa shape index (κ3) is 1.97. The maximum absolute atomic E-state index is 6.02. The molecule has 0 fully saturated rings. The summed E-state index contributed by atoms with van der Waals surface area (Å²) in [6, 6.07) is 17.3. The van der Waals surface area contributed by atoms with Crippen molar-refractivity contribution in [1.29, 1.82) is 0 Å². The van der Waals surface area contributed by atoms with E-state index in [0.717, 1.165) is 19.4 Å². The van der Waals surface area contributed by atoms with Gasteiger partial charge in [0.1, 0.15) is 0 Å². The maximum atomic E-state index is 6.02. The van der Waals surface area contributed by atoms with E-state index in [2.05, 4.69) is 55.5 Å². The molecule has 0 spiro atoms. The van der Waals surface area contributed by atoms with Gasteiger partial charge in [0, 0.05) is 6.61 Å². The first-order valence-electron chi connectivity index (χ1n) is 6.67. The average molecular weight is 236 g/mol. The van der Waals surface area contributed by atoms with Crippen molar-refractivity contribution in [3.63, 3.8) is 0 Å². The quantitative estimate of drug-likeness (QED) is 0.724. The van der Waals surface area contributed by atoms with Crippen molar-refractivity contribution < 1.29 is 4.65 Å². The number of fused-ring (bicyclic) bond motifs is 2. The molecule has 0 amide bonds. The minimum Gasteiger partial charge on any atom is -0.427 e. The number of hydrogen-bond acceptors (Lipinski definition) is 1. The summed E-state index contributed by atoms with van der Waals surface area (Å²) in [6.07, 6.45) is 2.22. The van der Waals surface area contributed by atoms with Crippen LogP contribution in [-0.2, 0) is 17.5 Å². The Morgan fingerprint density at radius 3 is 1.89 bits per heavy atom. The highest BCUT2D eigenvalue weighted by Crippen LogP contribution is 2.12. The van der Waals surface area contributed by atoms with Crippen molar-refractivity contribution in [2.45, 2.75) is 19.8 Å². The Kier molecular flexibility index (Phi) is 3.20. The summed E-state index contributed by atoms with van der Waals surface area (Å²) in [7, 11) is 0. The van der Waals surface area contributed by atoms with Gasteiger partial charge in [-0.15, -0.1) is 0 Å². The average Bonchev–Trinajstić information content (AvgIpc) is 2.58. The third-order valence-corrected chi connectivity index (χ3v) is 3.67. The molecule has 0 aliphatic carbocycles. The zero-order valence-electron chi connectivity index (χ0n) is 10.7. The lowest BCUT2D eigenvalue weighted by Gasteiger charge is -2.16. The van der Waals surface area contributed by atoms with E-state index in [9.17, 15) is 0 Å². The van der Waals surface area contributed by atoms with Crippen molar-refractivity contribution in [2.24, 2.45) is 0 Å². The van der Waals surface area contributed by atoms with Gasteiger partial charge in [0.05, 0.1) is 0 Å². The van der Waals surface area contributed by atoms with Crippen molar-refractivity contribution in [2.75, 3.05) is 6.61 Å². The van der Waals surface area contributed by atoms with E-state index < -0.39 is 0 Å². The predicted molar refractivity (Wildman–Crippen MR) is 76.9 cm³/mol. The number of benzene rings is 2. The highest BCUT2D eigenvalue weighted by molar-refractivity contribution is 6.80. The minimum absolute atomic E-state index is 0.102. The smallest absolute Gasteiger partial charge is 0.362 e. The van der Waals surface area contributed by atoms with Crippen molar-refractivity contribution in [1.82, 2.24) is 0 Å². The Bertz CT molecular complexity index is 503. The van der Waals surface area contributed by atoms with Crippen LogP contribution in [0.25, 0.3) is 0 Å². The molecule has 0 saturated carbocycles. The second kappa shape index (κ2) is 4.99. The number of hydrogen-bond donors (Lipinski definition) is 0. The second-order valence-corrected chi connectivity index (χ2v) is 4.73. The van der Waals surface area contributed by atoms with Crippen molar-refractivity contribution >= 4 is 17.8 Å². The summed E-state index contributed by atoms with van der Waals surface area (Å²) in [5, 5.41) is 0. The van der Waals surface area contributed by atoms with Crippen molar-refractivity contribution in [3.05, 3.63) is 59.7 Å². The van der Waals surface area contributed by atoms with Crippen LogP contribution in [0.5, 0.6) is 0 Å². The molecule has 0 bridgehead atoms. The molecule has 2 aromatic rings. The van der Waals surface area contributed by atoms with Crippen LogP contribution in [0.15, 0.2) is 48.5 Å². The summed E-state index contributed by atoms with van der Waals surface area (Å²) in [5.41, 5.74) is 5.52. The Morgan fingerprint density at radius 1 is 0.889 bits per heavy atom. The van der Waals surface area contributed by atoms with E-state index in [-0.39, 0.29) is 6.92 Å². The van der Waals surface area contributed by atoms with Crippen LogP contribution in [0.2, 0.25) is 0 Å². The molecule has 0 N–H and O–H groups in total. The topological polar surface area (TPSA) is 9.23 Å². The van der Waals surface area contributed by atoms with Crippen LogP contribution in [0, 0.1) is 0 Å². The minimum atomic E-state index is 0.102. The first-order chi connectivity index (χ1) is 8.90. The van der Waals surface area contributed by atoms with Gasteiger partial charge in [0.25, 0.3) is 0 Å². The Morgan fingerprint density at radius 2 is 1.39 bits per heavy atom. The van der Waals surface area contributed by atoms with Gasteiger partial charge in [0.2, 0.25) is 0 Å². The SMILES string of the molecule is CCOB1c2ccccc2CCc2ccccc21. The van der Waals surface area contributed by atoms with Gasteiger partial charge in [-0.1, -0.05) is 59.7 Å². The number of aryl methyl sites for hydroxylation is 2. The zero-order valence-corrected chi connectivity index (χ0v) is 10.7. The summed E-state index contributed by atoms with van der Waals surface area (Å²) in [6.45, 7) is 2.91. The monoisotopic (exact) mass is 236 g/mol. The molecule has 90 valence electrons. The molecule has 3 rings (SSSR count). The predicted octanol–water partition coefficient (Wildman–Crippen LogP) is 1.93. The van der Waals surface area contributed by atoms with Gasteiger partial charge in [-0.2, -0.15) is 0 Å². The molecule has 18 heavy (non-hydrogen) atoms. The molecule has 0 aromatic heterocycles. The molecular formula is C16H17BO. The van der Waals surface area contributed by atoms with Crippen LogP contribution < -0.4 is 10.9 Å². The summed E-state index contributed by atoms with van der Waals surface area (Å²) >= 11 is 0. The fourth-order valence-corrected chi connectivity index (χ4v) is 2.82. The lowest BCUT2D eigenvalue weighted by Crippen LogP contribution is -2.46. The van der Waals surface area contributed by atoms with E-state index >= 15 is 0 Å². The van der Waals surface area contributed by atoms with Crippen LogP contribution in [0.3, 0.4) is 0 Å². The zero-order chi connectivity index (χ0) is 12.4. The molecule has 1 aliphatic rings. The fraction of sp³-hybridized carbons (Fsp3) is 0.250. The van der Waals surface area contributed by atoms with Crippen molar-refractivity contribution in [3.8, 4) is 0 Å². The Balaban J connectivity index is 2.15. The molecule has 1 aliphatic heterocycles. The fourth-order valence-electron chi connectivity index (χ4n) is 2.82. The van der Waals surface area contributed by atoms with E-state index in [1.54, 1.807) is 0 Å². The standard InChI is InChI=1S/C16H17BO/c1-2-18-17-15-9-5-3-7-13(15)11-12-14-8-4-6-10-16(14)17/h3-10H,2,11-12H2,1H3. The molecular weight excluding hydrogens is 219 g/mol. The first kappa shape index (κ1) is 11.5. The number of rotatable bonds is 2. The van der Waals surface area contributed by atoms with Gasteiger partial charge in [-0.25, -0.2) is 0 Å². The van der Waals surface area contributed by atoms with Crippen LogP contribution >= 0.6 is 0 Å². The normalized spacial score (nSPS) is 13.7. The third-order valence-electron chi connectivity index (χ3n) is 3.67. The van der Waals surface area contributed by atoms with Gasteiger partial charge in [-0.05, 0) is 30.7 Å². The Labute approximate surface area is 109 Å². The molecule has 0 saturated heterocycles. The summed E-state index contributed by atoms with van der Waals surface area (Å²) < 4.78 is 6.02. The van der Waals surface area contributed by atoms with E-state index in [1.165, 1.54) is 22.1 Å². The molecule has 1 heterocycles. The maximum Gasteiger partial charge on any atom is 0.362 e. The van der Waals surface area contributed by atoms with Crippen LogP contribution in [0.4, 0.5) is 0 Å². The highest BCUT2D eigenvalue weighted by Gasteiger charge is 2.27. The van der Waals surface area contributed by atoms with E-state index in [1.807, 2.05) is 0 Å². The highest BCUT2D eigenvalue weighted by atomic mass is 16.4. The molecule has 0 atom stereocenters. The van der Waals surface area contributed by atoms with E-state index in [4.69, 9.17) is 4.65 Å². The molecule has 1 nitrogen and oxygen atoms in total. The molecule has 2 aromatic carbocycles. The summed E-state index contributed by atoms with van der Waals surface area (Å²) in [4.78, 5) is 0. The van der Waals surface area contributed by atoms with Gasteiger partial charge in [0.15, 0.2) is 0 Å². The van der Waals surface area contributed by atoms with Crippen LogP contribution in [0.1, 0.15) is 18.1 Å². The van der Waals surface area contributed by atoms with Gasteiger partial charge >= 0.3 is 6.92 Å². The second-order valence-electron chi connectivity index (χ2n) is 4.73. The molecule has 0 radical (unpaired) electrons. The molecule has 2 heteroatoms. The lowest BCUT2D eigenvalue weighted by atomic mass is 9.54. The van der Waals surface area contributed by atoms with Gasteiger partial charge in [-0.3, -0.25) is 0 Å². The first-order valence-corrected chi connectivity index (χ1v) is 6.67.